The Hall–Kier alpha value is 1.74. The maximum absolute atomic E-state index is 11.2. The zero-order valence-electron chi connectivity index (χ0n) is 10.6. The third kappa shape index (κ3) is 5.80. The van der Waals surface area contributed by atoms with E-state index in [0.717, 1.165) is 10.2 Å². The predicted molar refractivity (Wildman–Crippen MR) is 64.6 cm³/mol. The molecule has 0 aliphatic rings. The Morgan fingerprint density at radius 3 is 2.47 bits per heavy atom. The second kappa shape index (κ2) is 9.70. The van der Waals surface area contributed by atoms with Crippen LogP contribution >= 0.6 is 23.6 Å². The monoisotopic (exact) mass is 343 g/mol. The number of carbonyl (C=O) groups is 1. The number of benzene rings is 1. The summed E-state index contributed by atoms with van der Waals surface area (Å²) < 4.78 is 0.905. The van der Waals surface area contributed by atoms with Crippen molar-refractivity contribution in [2.75, 3.05) is 0 Å². The van der Waals surface area contributed by atoms with E-state index in [1.165, 1.54) is 11.3 Å². The molecule has 0 saturated carbocycles. The van der Waals surface area contributed by atoms with Crippen LogP contribution in [0, 0.1) is 0 Å². The topological polar surface area (TPSA) is 76.1 Å². The van der Waals surface area contributed by atoms with E-state index in [9.17, 15) is 15.0 Å². The van der Waals surface area contributed by atoms with E-state index in [1.807, 2.05) is 18.2 Å². The van der Waals surface area contributed by atoms with Crippen LogP contribution in [0.1, 0.15) is 17.3 Å². The maximum Gasteiger partial charge on any atom is 1.00 e. The van der Waals surface area contributed by atoms with Crippen LogP contribution in [-0.2, 0) is 4.79 Å². The first-order valence-electron chi connectivity index (χ1n) is 4.84. The fraction of sp³-hybridized carbons (Fsp3) is 0.182. The van der Waals surface area contributed by atoms with Gasteiger partial charge in [-0.1, -0.05) is 17.2 Å². The average molecular weight is 344 g/mol. The molecule has 0 aliphatic heterocycles. The summed E-state index contributed by atoms with van der Waals surface area (Å²) in [5.74, 6) is -2.18. The van der Waals surface area contributed by atoms with Crippen molar-refractivity contribution >= 4 is 44.8 Å². The van der Waals surface area contributed by atoms with Crippen molar-refractivity contribution in [3.8, 4) is 0 Å². The molecule has 1 heterocycles. The Morgan fingerprint density at radius 1 is 1.32 bits per heavy atom. The first-order valence-corrected chi connectivity index (χ1v) is 6.06. The molecule has 0 aliphatic carbocycles. The van der Waals surface area contributed by atoms with Gasteiger partial charge in [0.15, 0.2) is 0 Å². The van der Waals surface area contributed by atoms with Crippen molar-refractivity contribution in [1.29, 1.82) is 0 Å². The van der Waals surface area contributed by atoms with Crippen LogP contribution in [-0.4, -0.2) is 16.0 Å². The van der Waals surface area contributed by atoms with Crippen molar-refractivity contribution in [3.05, 3.63) is 29.3 Å². The van der Waals surface area contributed by atoms with Crippen molar-refractivity contribution in [2.45, 2.75) is 12.3 Å². The first kappa shape index (κ1) is 20.7. The molecular weight excluding hydrogens is 336 g/mol. The molecule has 1 aromatic heterocycles. The minimum absolute atomic E-state index is 0. The van der Waals surface area contributed by atoms with Crippen LogP contribution in [0.15, 0.2) is 24.3 Å². The number of thiocarbonyl (C=S) groups is 1. The summed E-state index contributed by atoms with van der Waals surface area (Å²) in [5.41, 5.74) is 0.743. The molecule has 0 radical (unpaired) electrons. The number of carboxylic acid groups (broad SMARTS) is 1. The van der Waals surface area contributed by atoms with Crippen molar-refractivity contribution in [1.82, 2.24) is 4.98 Å². The molecule has 0 amide bonds. The fourth-order valence-corrected chi connectivity index (χ4v) is 2.81. The SMILES string of the molecule is O=C([O-])CC(C([O-])=S)c1nc2ccccc2s1.[K+].[K+]. The molecule has 0 saturated heterocycles. The second-order valence-electron chi connectivity index (χ2n) is 3.47. The van der Waals surface area contributed by atoms with Gasteiger partial charge < -0.3 is 15.0 Å². The molecule has 1 atom stereocenters. The summed E-state index contributed by atoms with van der Waals surface area (Å²) in [5, 5.41) is 21.6. The average Bonchev–Trinajstić information content (AvgIpc) is 2.68. The van der Waals surface area contributed by atoms with Crippen LogP contribution in [0.25, 0.3) is 10.2 Å². The van der Waals surface area contributed by atoms with Crippen LogP contribution in [0.2, 0.25) is 0 Å². The van der Waals surface area contributed by atoms with Crippen molar-refractivity contribution < 1.29 is 118 Å². The number of aliphatic carboxylic acids is 1. The van der Waals surface area contributed by atoms with Gasteiger partial charge in [0, 0.05) is 11.9 Å². The Balaban J connectivity index is 0.00000162. The summed E-state index contributed by atoms with van der Waals surface area (Å²) in [4.78, 5) is 14.8. The summed E-state index contributed by atoms with van der Waals surface area (Å²) in [6.45, 7) is 0. The van der Waals surface area contributed by atoms with Gasteiger partial charge >= 0.3 is 103 Å². The number of thiazole rings is 1. The van der Waals surface area contributed by atoms with Crippen LogP contribution in [0.5, 0.6) is 0 Å². The smallest absolute Gasteiger partial charge is 0.867 e. The molecule has 88 valence electrons. The molecule has 1 aromatic carbocycles. The van der Waals surface area contributed by atoms with E-state index in [1.54, 1.807) is 6.07 Å². The zero-order chi connectivity index (χ0) is 12.4. The minimum atomic E-state index is -1.30. The molecule has 2 aromatic rings. The molecule has 4 nitrogen and oxygen atoms in total. The van der Waals surface area contributed by atoms with Crippen molar-refractivity contribution in [3.63, 3.8) is 0 Å². The van der Waals surface area contributed by atoms with E-state index < -0.39 is 23.4 Å². The Labute approximate surface area is 204 Å². The Bertz CT molecular complexity index is 555. The summed E-state index contributed by atoms with van der Waals surface area (Å²) in [7, 11) is 0. The quantitative estimate of drug-likeness (QED) is 0.408. The molecule has 19 heavy (non-hydrogen) atoms. The van der Waals surface area contributed by atoms with E-state index in [0.29, 0.717) is 5.01 Å². The Kier molecular flexibility index (Phi) is 10.6. The molecule has 0 fully saturated rings. The number of aromatic nitrogens is 1. The molecule has 0 bridgehead atoms. The van der Waals surface area contributed by atoms with Crippen LogP contribution in [0.4, 0.5) is 0 Å². The summed E-state index contributed by atoms with van der Waals surface area (Å²) in [6.07, 6.45) is -0.415. The van der Waals surface area contributed by atoms with Gasteiger partial charge in [-0.15, -0.1) is 23.6 Å². The summed E-state index contributed by atoms with van der Waals surface area (Å²) >= 11 is 5.83. The number of fused-ring (bicyclic) bond motifs is 1. The zero-order valence-corrected chi connectivity index (χ0v) is 18.5. The minimum Gasteiger partial charge on any atom is -0.867 e. The number of rotatable bonds is 4. The molecular formula is C11H7K2NO3S2. The molecule has 0 spiro atoms. The first-order chi connectivity index (χ1) is 8.08. The normalized spacial score (nSPS) is 11.2. The maximum atomic E-state index is 11.2. The van der Waals surface area contributed by atoms with Crippen molar-refractivity contribution in [2.24, 2.45) is 0 Å². The number of carbonyl (C=O) groups excluding carboxylic acids is 1. The third-order valence-corrected chi connectivity index (χ3v) is 3.70. The molecule has 1 unspecified atom stereocenters. The fourth-order valence-electron chi connectivity index (χ4n) is 1.48. The van der Waals surface area contributed by atoms with Crippen LogP contribution < -0.4 is 113 Å². The second-order valence-corrected chi connectivity index (χ2v) is 4.93. The van der Waals surface area contributed by atoms with Gasteiger partial charge in [0.25, 0.3) is 0 Å². The largest absolute Gasteiger partial charge is 1.00 e. The van der Waals surface area contributed by atoms with Gasteiger partial charge in [0.2, 0.25) is 0 Å². The standard InChI is InChI=1S/C11H9NO3S2.2K/c13-9(14)5-6(11(15)16)10-12-7-3-1-2-4-8(7)17-10;;/h1-4,6H,5H2,(H,13,14)(H,15,16);;/q;2*+1/p-2. The van der Waals surface area contributed by atoms with E-state index in [4.69, 9.17) is 0 Å². The van der Waals surface area contributed by atoms with Gasteiger partial charge in [-0.3, -0.25) is 0 Å². The number of hydrogen-bond acceptors (Lipinski definition) is 6. The van der Waals surface area contributed by atoms with Gasteiger partial charge in [-0.05, 0) is 18.6 Å². The number of para-hydroxylation sites is 1. The van der Waals surface area contributed by atoms with E-state index >= 15 is 0 Å². The number of hydrogen-bond donors (Lipinski definition) is 0. The molecule has 2 rings (SSSR count). The van der Waals surface area contributed by atoms with Crippen LogP contribution in [0.3, 0.4) is 0 Å². The summed E-state index contributed by atoms with van der Waals surface area (Å²) in [6, 6.07) is 7.35. The van der Waals surface area contributed by atoms with Gasteiger partial charge in [0.05, 0.1) is 10.2 Å². The van der Waals surface area contributed by atoms with Gasteiger partial charge in [-0.25, -0.2) is 4.98 Å². The Morgan fingerprint density at radius 2 is 1.95 bits per heavy atom. The predicted octanol–water partition coefficient (Wildman–Crippen LogP) is -5.78. The molecule has 8 heteroatoms. The van der Waals surface area contributed by atoms with Gasteiger partial charge in [-0.2, -0.15) is 0 Å². The third-order valence-electron chi connectivity index (χ3n) is 2.26. The number of carboxylic acids is 1. The number of nitrogens with zero attached hydrogens (tertiary/aromatic N) is 1. The van der Waals surface area contributed by atoms with E-state index in [-0.39, 0.29) is 103 Å². The van der Waals surface area contributed by atoms with Gasteiger partial charge in [0.1, 0.15) is 5.01 Å². The molecule has 0 N–H and O–H groups in total. The van der Waals surface area contributed by atoms with E-state index in [2.05, 4.69) is 17.2 Å².